The number of benzene rings is 2. The third-order valence-corrected chi connectivity index (χ3v) is 3.57. The van der Waals surface area contributed by atoms with Gasteiger partial charge >= 0.3 is 12.1 Å². The molecule has 0 aliphatic heterocycles. The van der Waals surface area contributed by atoms with Crippen LogP contribution in [0.4, 0.5) is 13.2 Å². The Morgan fingerprint density at radius 3 is 2.56 bits per heavy atom. The number of ether oxygens (including phenoxy) is 2. The summed E-state index contributed by atoms with van der Waals surface area (Å²) in [4.78, 5) is 15.9. The lowest BCUT2D eigenvalue weighted by molar-refractivity contribution is -0.137. The van der Waals surface area contributed by atoms with E-state index in [0.717, 1.165) is 12.1 Å². The van der Waals surface area contributed by atoms with Crippen LogP contribution in [-0.4, -0.2) is 23.2 Å². The van der Waals surface area contributed by atoms with Crippen molar-refractivity contribution in [2.75, 3.05) is 7.11 Å². The second-order valence-electron chi connectivity index (χ2n) is 5.39. The highest BCUT2D eigenvalue weighted by Gasteiger charge is 2.30. The van der Waals surface area contributed by atoms with Crippen LogP contribution in [0.2, 0.25) is 0 Å². The highest BCUT2D eigenvalue weighted by molar-refractivity contribution is 5.89. The molecule has 1 heterocycles. The Bertz CT molecular complexity index is 936. The fourth-order valence-electron chi connectivity index (χ4n) is 2.20. The van der Waals surface area contributed by atoms with E-state index in [4.69, 9.17) is 14.0 Å². The summed E-state index contributed by atoms with van der Waals surface area (Å²) in [7, 11) is 1.50. The van der Waals surface area contributed by atoms with Crippen molar-refractivity contribution in [3.8, 4) is 17.1 Å². The molecule has 0 atom stereocenters. The summed E-state index contributed by atoms with van der Waals surface area (Å²) in [6.07, 6.45) is -4.48. The van der Waals surface area contributed by atoms with Gasteiger partial charge in [0, 0.05) is 5.56 Å². The average molecular weight is 378 g/mol. The summed E-state index contributed by atoms with van der Waals surface area (Å²) < 4.78 is 53.3. The number of carbonyl (C=O) groups excluding carboxylic acids is 1. The first-order chi connectivity index (χ1) is 12.9. The van der Waals surface area contributed by atoms with E-state index >= 15 is 0 Å². The molecule has 0 spiro atoms. The minimum atomic E-state index is -4.48. The number of nitrogens with zero attached hydrogens (tertiary/aromatic N) is 2. The number of hydrogen-bond donors (Lipinski definition) is 0. The molecule has 0 aliphatic carbocycles. The minimum Gasteiger partial charge on any atom is -0.497 e. The Labute approximate surface area is 151 Å². The first-order valence-corrected chi connectivity index (χ1v) is 7.68. The molecule has 0 radical (unpaired) electrons. The normalized spacial score (nSPS) is 11.3. The first kappa shape index (κ1) is 18.4. The van der Waals surface area contributed by atoms with Crippen molar-refractivity contribution in [2.24, 2.45) is 0 Å². The van der Waals surface area contributed by atoms with Gasteiger partial charge in [0.25, 0.3) is 5.89 Å². The minimum absolute atomic E-state index is 0.0309. The van der Waals surface area contributed by atoms with Crippen LogP contribution < -0.4 is 4.74 Å². The first-order valence-electron chi connectivity index (χ1n) is 7.68. The molecule has 0 unspecified atom stereocenters. The molecule has 6 nitrogen and oxygen atoms in total. The third-order valence-electron chi connectivity index (χ3n) is 3.57. The van der Waals surface area contributed by atoms with Crippen molar-refractivity contribution < 1.29 is 32.0 Å². The Hall–Kier alpha value is -3.36. The number of carbonyl (C=O) groups is 1. The second kappa shape index (κ2) is 7.48. The molecule has 2 aromatic carbocycles. The van der Waals surface area contributed by atoms with Crippen molar-refractivity contribution in [2.45, 2.75) is 12.8 Å². The van der Waals surface area contributed by atoms with Gasteiger partial charge in [-0.2, -0.15) is 18.2 Å². The maximum Gasteiger partial charge on any atom is 0.416 e. The highest BCUT2D eigenvalue weighted by Crippen LogP contribution is 2.31. The summed E-state index contributed by atoms with van der Waals surface area (Å²) in [5.74, 6) is -0.0912. The smallest absolute Gasteiger partial charge is 0.416 e. The monoisotopic (exact) mass is 378 g/mol. The molecular formula is C18H13F3N2O4. The largest absolute Gasteiger partial charge is 0.497 e. The zero-order valence-corrected chi connectivity index (χ0v) is 14.0. The number of methoxy groups -OCH3 is 1. The predicted molar refractivity (Wildman–Crippen MR) is 86.8 cm³/mol. The van der Waals surface area contributed by atoms with E-state index < -0.39 is 17.7 Å². The second-order valence-corrected chi connectivity index (χ2v) is 5.39. The van der Waals surface area contributed by atoms with Crippen LogP contribution in [-0.2, 0) is 17.5 Å². The van der Waals surface area contributed by atoms with Gasteiger partial charge in [0.1, 0.15) is 5.75 Å². The molecule has 0 fully saturated rings. The van der Waals surface area contributed by atoms with Gasteiger partial charge in [0.2, 0.25) is 5.82 Å². The lowest BCUT2D eigenvalue weighted by Gasteiger charge is -2.06. The molecule has 0 amide bonds. The van der Waals surface area contributed by atoms with Gasteiger partial charge in [-0.1, -0.05) is 17.3 Å². The number of halogens is 3. The highest BCUT2D eigenvalue weighted by atomic mass is 19.4. The topological polar surface area (TPSA) is 74.5 Å². The number of alkyl halides is 3. The van der Waals surface area contributed by atoms with E-state index in [1.54, 1.807) is 12.1 Å². The van der Waals surface area contributed by atoms with Gasteiger partial charge in [0.15, 0.2) is 6.61 Å². The zero-order chi connectivity index (χ0) is 19.4. The van der Waals surface area contributed by atoms with Crippen LogP contribution >= 0.6 is 0 Å². The van der Waals surface area contributed by atoms with Gasteiger partial charge in [-0.15, -0.1) is 0 Å². The van der Waals surface area contributed by atoms with E-state index in [2.05, 4.69) is 10.1 Å². The SMILES string of the molecule is COc1ccc(C(=O)OCc2nc(-c3cccc(C(F)(F)F)c3)no2)cc1. The van der Waals surface area contributed by atoms with Crippen molar-refractivity contribution in [1.82, 2.24) is 10.1 Å². The molecule has 3 aromatic rings. The molecule has 0 saturated carbocycles. The molecule has 0 bridgehead atoms. The van der Waals surface area contributed by atoms with Crippen LogP contribution in [0.1, 0.15) is 21.8 Å². The van der Waals surface area contributed by atoms with E-state index in [1.807, 2.05) is 0 Å². The van der Waals surface area contributed by atoms with E-state index in [1.165, 1.54) is 31.4 Å². The standard InChI is InChI=1S/C18H13F3N2O4/c1-25-14-7-5-11(6-8-14)17(24)26-10-15-22-16(23-27-15)12-3-2-4-13(9-12)18(19,20)21/h2-9H,10H2,1H3. The van der Waals surface area contributed by atoms with Crippen LogP contribution in [0.3, 0.4) is 0 Å². The maximum atomic E-state index is 12.8. The Kier molecular flexibility index (Phi) is 5.11. The molecule has 0 aliphatic rings. The number of hydrogen-bond acceptors (Lipinski definition) is 6. The van der Waals surface area contributed by atoms with E-state index in [9.17, 15) is 18.0 Å². The zero-order valence-electron chi connectivity index (χ0n) is 14.0. The molecule has 1 aromatic heterocycles. The summed E-state index contributed by atoms with van der Waals surface area (Å²) in [5, 5.41) is 3.62. The maximum absolute atomic E-state index is 12.8. The van der Waals surface area contributed by atoms with Crippen LogP contribution in [0.25, 0.3) is 11.4 Å². The number of aromatic nitrogens is 2. The van der Waals surface area contributed by atoms with Gasteiger partial charge in [-0.25, -0.2) is 4.79 Å². The molecule has 27 heavy (non-hydrogen) atoms. The summed E-state index contributed by atoms with van der Waals surface area (Å²) >= 11 is 0. The number of esters is 1. The average Bonchev–Trinajstić information content (AvgIpc) is 3.15. The van der Waals surface area contributed by atoms with Crippen molar-refractivity contribution in [3.63, 3.8) is 0 Å². The molecule has 9 heteroatoms. The van der Waals surface area contributed by atoms with Crippen LogP contribution in [0, 0.1) is 0 Å². The van der Waals surface area contributed by atoms with Gasteiger partial charge in [-0.3, -0.25) is 0 Å². The lowest BCUT2D eigenvalue weighted by atomic mass is 10.1. The van der Waals surface area contributed by atoms with Crippen LogP contribution in [0.5, 0.6) is 5.75 Å². The van der Waals surface area contributed by atoms with Gasteiger partial charge < -0.3 is 14.0 Å². The van der Waals surface area contributed by atoms with Crippen molar-refractivity contribution in [1.29, 1.82) is 0 Å². The van der Waals surface area contributed by atoms with Gasteiger partial charge in [0.05, 0.1) is 18.2 Å². The Morgan fingerprint density at radius 2 is 1.89 bits per heavy atom. The van der Waals surface area contributed by atoms with Crippen LogP contribution in [0.15, 0.2) is 53.1 Å². The fraction of sp³-hybridized carbons (Fsp3) is 0.167. The van der Waals surface area contributed by atoms with Gasteiger partial charge in [-0.05, 0) is 36.4 Å². The van der Waals surface area contributed by atoms with E-state index in [0.29, 0.717) is 11.3 Å². The summed E-state index contributed by atoms with van der Waals surface area (Å²) in [6.45, 7) is -0.309. The lowest BCUT2D eigenvalue weighted by Crippen LogP contribution is -2.05. The van der Waals surface area contributed by atoms with E-state index in [-0.39, 0.29) is 23.9 Å². The molecule has 3 rings (SSSR count). The summed E-state index contributed by atoms with van der Waals surface area (Å²) in [6, 6.07) is 10.8. The number of rotatable bonds is 5. The van der Waals surface area contributed by atoms with Crippen molar-refractivity contribution >= 4 is 5.97 Å². The fourth-order valence-corrected chi connectivity index (χ4v) is 2.20. The molecule has 0 saturated heterocycles. The summed E-state index contributed by atoms with van der Waals surface area (Å²) in [5.41, 5.74) is -0.382. The third kappa shape index (κ3) is 4.43. The molecule has 0 N–H and O–H groups in total. The van der Waals surface area contributed by atoms with Crippen molar-refractivity contribution in [3.05, 3.63) is 65.5 Å². The Balaban J connectivity index is 1.66. The molecule has 140 valence electrons. The quantitative estimate of drug-likeness (QED) is 0.622. The molecular weight excluding hydrogens is 365 g/mol. The Morgan fingerprint density at radius 1 is 1.15 bits per heavy atom. The predicted octanol–water partition coefficient (Wildman–Crippen LogP) is 4.12.